The summed E-state index contributed by atoms with van der Waals surface area (Å²) >= 11 is 1.78. The zero-order valence-electron chi connectivity index (χ0n) is 11.5. The number of aromatic nitrogens is 1. The quantitative estimate of drug-likeness (QED) is 0.925. The first-order chi connectivity index (χ1) is 9.33. The summed E-state index contributed by atoms with van der Waals surface area (Å²) < 4.78 is 0. The van der Waals surface area contributed by atoms with Crippen LogP contribution in [0.5, 0.6) is 0 Å². The van der Waals surface area contributed by atoms with Gasteiger partial charge in [0.05, 0.1) is 11.1 Å². The fourth-order valence-corrected chi connectivity index (χ4v) is 4.34. The first-order valence-electron chi connectivity index (χ1n) is 7.63. The van der Waals surface area contributed by atoms with Crippen molar-refractivity contribution >= 4 is 11.3 Å². The third kappa shape index (κ3) is 3.36. The first-order valence-corrected chi connectivity index (χ1v) is 8.51. The number of aliphatic hydroxyl groups excluding tert-OH is 1. The van der Waals surface area contributed by atoms with E-state index >= 15 is 0 Å². The Labute approximate surface area is 119 Å². The Bertz CT molecular complexity index is 374. The number of likely N-dealkylation sites (tertiary alicyclic amines) is 1. The molecule has 0 bridgehead atoms. The van der Waals surface area contributed by atoms with Crippen LogP contribution in [0.4, 0.5) is 0 Å². The molecule has 1 aromatic rings. The molecule has 0 aromatic carbocycles. The SMILES string of the molecule is OC1CCCCC1N1CCC(Cc2nccs2)CC1. The van der Waals surface area contributed by atoms with E-state index in [9.17, 15) is 5.11 Å². The van der Waals surface area contributed by atoms with Crippen LogP contribution in [0.15, 0.2) is 11.6 Å². The van der Waals surface area contributed by atoms with Crippen LogP contribution >= 0.6 is 11.3 Å². The van der Waals surface area contributed by atoms with Crippen LogP contribution in [0.1, 0.15) is 43.5 Å². The molecule has 1 aliphatic carbocycles. The predicted molar refractivity (Wildman–Crippen MR) is 78.4 cm³/mol. The maximum Gasteiger partial charge on any atom is 0.0927 e. The van der Waals surface area contributed by atoms with Gasteiger partial charge in [-0.2, -0.15) is 0 Å². The highest BCUT2D eigenvalue weighted by Gasteiger charge is 2.31. The largest absolute Gasteiger partial charge is 0.391 e. The van der Waals surface area contributed by atoms with Gasteiger partial charge in [0.25, 0.3) is 0 Å². The van der Waals surface area contributed by atoms with E-state index in [1.165, 1.54) is 37.1 Å². The zero-order chi connectivity index (χ0) is 13.1. The summed E-state index contributed by atoms with van der Waals surface area (Å²) in [6, 6.07) is 0.439. The van der Waals surface area contributed by atoms with E-state index in [-0.39, 0.29) is 6.10 Å². The fourth-order valence-electron chi connectivity index (χ4n) is 3.61. The summed E-state index contributed by atoms with van der Waals surface area (Å²) in [5.41, 5.74) is 0. The molecule has 0 radical (unpaired) electrons. The Balaban J connectivity index is 1.49. The normalized spacial score (nSPS) is 30.6. The van der Waals surface area contributed by atoms with E-state index in [1.807, 2.05) is 6.20 Å². The topological polar surface area (TPSA) is 36.4 Å². The van der Waals surface area contributed by atoms with Crippen molar-refractivity contribution in [2.24, 2.45) is 5.92 Å². The molecule has 1 aliphatic heterocycles. The minimum Gasteiger partial charge on any atom is -0.391 e. The minimum atomic E-state index is -0.0794. The molecule has 2 atom stereocenters. The van der Waals surface area contributed by atoms with Crippen LogP contribution in [0, 0.1) is 5.92 Å². The second-order valence-corrected chi connectivity index (χ2v) is 7.01. The standard InChI is InChI=1S/C15H24N2OS/c18-14-4-2-1-3-13(14)17-8-5-12(6-9-17)11-15-16-7-10-19-15/h7,10,12-14,18H,1-6,8-9,11H2. The number of nitrogens with zero attached hydrogens (tertiary/aromatic N) is 2. The van der Waals surface area contributed by atoms with Gasteiger partial charge in [-0.1, -0.05) is 12.8 Å². The van der Waals surface area contributed by atoms with E-state index in [1.54, 1.807) is 11.3 Å². The van der Waals surface area contributed by atoms with Gasteiger partial charge < -0.3 is 5.11 Å². The molecular formula is C15H24N2OS. The van der Waals surface area contributed by atoms with E-state index < -0.39 is 0 Å². The second kappa shape index (κ2) is 6.33. The molecule has 3 rings (SSSR count). The molecule has 2 heterocycles. The van der Waals surface area contributed by atoms with Gasteiger partial charge in [0.2, 0.25) is 0 Å². The van der Waals surface area contributed by atoms with Crippen LogP contribution in [0.2, 0.25) is 0 Å². The molecule has 1 saturated heterocycles. The van der Waals surface area contributed by atoms with Gasteiger partial charge in [-0.25, -0.2) is 4.98 Å². The molecule has 0 amide bonds. The zero-order valence-corrected chi connectivity index (χ0v) is 12.3. The van der Waals surface area contributed by atoms with Crippen LogP contribution in [-0.4, -0.2) is 40.2 Å². The van der Waals surface area contributed by atoms with Gasteiger partial charge in [-0.3, -0.25) is 4.90 Å². The molecular weight excluding hydrogens is 256 g/mol. The first kappa shape index (κ1) is 13.5. The Morgan fingerprint density at radius 2 is 2.00 bits per heavy atom. The number of piperidine rings is 1. The highest BCUT2D eigenvalue weighted by Crippen LogP contribution is 2.29. The van der Waals surface area contributed by atoms with Crippen molar-refractivity contribution in [3.05, 3.63) is 16.6 Å². The van der Waals surface area contributed by atoms with Gasteiger partial charge >= 0.3 is 0 Å². The number of thiazole rings is 1. The van der Waals surface area contributed by atoms with Crippen molar-refractivity contribution in [3.8, 4) is 0 Å². The summed E-state index contributed by atoms with van der Waals surface area (Å²) in [7, 11) is 0. The Kier molecular flexibility index (Phi) is 4.51. The molecule has 1 N–H and O–H groups in total. The van der Waals surface area contributed by atoms with Crippen molar-refractivity contribution in [1.82, 2.24) is 9.88 Å². The maximum absolute atomic E-state index is 10.1. The number of hydrogen-bond donors (Lipinski definition) is 1. The predicted octanol–water partition coefficient (Wildman–Crippen LogP) is 2.70. The lowest BCUT2D eigenvalue weighted by atomic mass is 9.87. The number of hydrogen-bond acceptors (Lipinski definition) is 4. The molecule has 19 heavy (non-hydrogen) atoms. The molecule has 2 fully saturated rings. The molecule has 2 aliphatic rings. The third-order valence-electron chi connectivity index (χ3n) is 4.76. The molecule has 1 aromatic heterocycles. The van der Waals surface area contributed by atoms with E-state index in [2.05, 4.69) is 15.3 Å². The number of aliphatic hydroxyl groups is 1. The van der Waals surface area contributed by atoms with Crippen molar-refractivity contribution in [1.29, 1.82) is 0 Å². The summed E-state index contributed by atoms with van der Waals surface area (Å²) in [4.78, 5) is 6.94. The van der Waals surface area contributed by atoms with Crippen LogP contribution < -0.4 is 0 Å². The Hall–Kier alpha value is -0.450. The average molecular weight is 280 g/mol. The van der Waals surface area contributed by atoms with Crippen molar-refractivity contribution in [3.63, 3.8) is 0 Å². The minimum absolute atomic E-state index is 0.0794. The third-order valence-corrected chi connectivity index (χ3v) is 5.56. The highest BCUT2D eigenvalue weighted by atomic mass is 32.1. The van der Waals surface area contributed by atoms with Gasteiger partial charge in [0.15, 0.2) is 0 Å². The average Bonchev–Trinajstić information content (AvgIpc) is 2.93. The molecule has 0 spiro atoms. The van der Waals surface area contributed by atoms with Crippen LogP contribution in [0.25, 0.3) is 0 Å². The van der Waals surface area contributed by atoms with Crippen molar-refractivity contribution in [2.45, 2.75) is 57.1 Å². The van der Waals surface area contributed by atoms with E-state index in [0.717, 1.165) is 31.8 Å². The van der Waals surface area contributed by atoms with Crippen molar-refractivity contribution < 1.29 is 5.11 Å². The van der Waals surface area contributed by atoms with Gasteiger partial charge in [0.1, 0.15) is 0 Å². The Morgan fingerprint density at radius 3 is 2.68 bits per heavy atom. The smallest absolute Gasteiger partial charge is 0.0927 e. The molecule has 106 valence electrons. The molecule has 2 unspecified atom stereocenters. The van der Waals surface area contributed by atoms with Gasteiger partial charge in [-0.15, -0.1) is 11.3 Å². The second-order valence-electron chi connectivity index (χ2n) is 6.03. The monoisotopic (exact) mass is 280 g/mol. The molecule has 4 heteroatoms. The molecule has 1 saturated carbocycles. The maximum atomic E-state index is 10.1. The number of rotatable bonds is 3. The Morgan fingerprint density at radius 1 is 1.21 bits per heavy atom. The summed E-state index contributed by atoms with van der Waals surface area (Å²) in [6.07, 6.45) is 10.2. The van der Waals surface area contributed by atoms with Gasteiger partial charge in [-0.05, 0) is 44.7 Å². The highest BCUT2D eigenvalue weighted by molar-refractivity contribution is 7.09. The van der Waals surface area contributed by atoms with E-state index in [4.69, 9.17) is 0 Å². The van der Waals surface area contributed by atoms with Gasteiger partial charge in [0, 0.05) is 24.0 Å². The van der Waals surface area contributed by atoms with E-state index in [0.29, 0.717) is 6.04 Å². The molecule has 3 nitrogen and oxygen atoms in total. The fraction of sp³-hybridized carbons (Fsp3) is 0.800. The van der Waals surface area contributed by atoms with Crippen LogP contribution in [0.3, 0.4) is 0 Å². The van der Waals surface area contributed by atoms with Crippen LogP contribution in [-0.2, 0) is 6.42 Å². The summed E-state index contributed by atoms with van der Waals surface area (Å²) in [5, 5.41) is 13.5. The lowest BCUT2D eigenvalue weighted by Gasteiger charge is -2.41. The lowest BCUT2D eigenvalue weighted by molar-refractivity contribution is 0.00406. The summed E-state index contributed by atoms with van der Waals surface area (Å²) in [6.45, 7) is 2.33. The van der Waals surface area contributed by atoms with Crippen molar-refractivity contribution in [2.75, 3.05) is 13.1 Å². The lowest BCUT2D eigenvalue weighted by Crippen LogP contribution is -2.48. The summed E-state index contributed by atoms with van der Waals surface area (Å²) in [5.74, 6) is 0.795.